The summed E-state index contributed by atoms with van der Waals surface area (Å²) in [6, 6.07) is 5.98. The monoisotopic (exact) mass is 248 g/mol. The van der Waals surface area contributed by atoms with Gasteiger partial charge in [0.1, 0.15) is 0 Å². The molecule has 0 spiro atoms. The van der Waals surface area contributed by atoms with Gasteiger partial charge >= 0.3 is 5.76 Å². The second-order valence-electron chi connectivity index (χ2n) is 4.59. The van der Waals surface area contributed by atoms with Crippen LogP contribution in [0.25, 0.3) is 11.1 Å². The predicted molar refractivity (Wildman–Crippen MR) is 70.0 cm³/mol. The molecule has 0 radical (unpaired) electrons. The predicted octanol–water partition coefficient (Wildman–Crippen LogP) is -0.00220. The maximum atomic E-state index is 11.8. The van der Waals surface area contributed by atoms with Crippen molar-refractivity contribution in [3.05, 3.63) is 28.7 Å². The first-order valence-electron chi connectivity index (χ1n) is 6.50. The van der Waals surface area contributed by atoms with Crippen molar-refractivity contribution in [2.24, 2.45) is 0 Å². The Morgan fingerprint density at radius 1 is 1.33 bits per heavy atom. The lowest BCUT2D eigenvalue weighted by Crippen LogP contribution is -2.89. The Morgan fingerprint density at radius 3 is 2.83 bits per heavy atom. The number of nitrogens with two attached hydrogens (primary N) is 1. The lowest BCUT2D eigenvalue weighted by atomic mass is 10.2. The van der Waals surface area contributed by atoms with Crippen LogP contribution >= 0.6 is 0 Å². The molecular formula is C13H18N3O2+. The van der Waals surface area contributed by atoms with Gasteiger partial charge in [-0.25, -0.2) is 4.79 Å². The van der Waals surface area contributed by atoms with Gasteiger partial charge in [0.2, 0.25) is 0 Å². The smallest absolute Gasteiger partial charge is 0.405 e. The highest BCUT2D eigenvalue weighted by atomic mass is 16.4. The number of anilines is 1. The van der Waals surface area contributed by atoms with Crippen molar-refractivity contribution < 1.29 is 9.73 Å². The van der Waals surface area contributed by atoms with Crippen LogP contribution in [0.5, 0.6) is 0 Å². The Kier molecular flexibility index (Phi) is 2.83. The van der Waals surface area contributed by atoms with E-state index in [1.165, 1.54) is 0 Å². The van der Waals surface area contributed by atoms with Crippen molar-refractivity contribution in [3.8, 4) is 0 Å². The molecule has 96 valence electrons. The molecule has 0 amide bonds. The summed E-state index contributed by atoms with van der Waals surface area (Å²) in [5.41, 5.74) is 2.67. The number of oxazole rings is 1. The van der Waals surface area contributed by atoms with E-state index < -0.39 is 0 Å². The van der Waals surface area contributed by atoms with Crippen molar-refractivity contribution in [1.82, 2.24) is 4.57 Å². The summed E-state index contributed by atoms with van der Waals surface area (Å²) in [7, 11) is 0. The van der Waals surface area contributed by atoms with Gasteiger partial charge in [0.05, 0.1) is 37.4 Å². The molecule has 0 aliphatic carbocycles. The topological polar surface area (TPSA) is 55.0 Å². The normalized spacial score (nSPS) is 16.4. The lowest BCUT2D eigenvalue weighted by molar-refractivity contribution is -0.655. The molecule has 0 atom stereocenters. The Balaban J connectivity index is 2.14. The molecule has 2 N–H and O–H groups in total. The number of para-hydroxylation sites is 1. The first kappa shape index (κ1) is 11.3. The molecule has 1 aliphatic rings. The minimum Gasteiger partial charge on any atom is -0.405 e. The van der Waals surface area contributed by atoms with E-state index in [-0.39, 0.29) is 5.76 Å². The maximum absolute atomic E-state index is 11.8. The van der Waals surface area contributed by atoms with E-state index in [1.807, 2.05) is 25.1 Å². The Morgan fingerprint density at radius 2 is 2.11 bits per heavy atom. The number of quaternary nitrogens is 1. The van der Waals surface area contributed by atoms with E-state index in [0.717, 1.165) is 43.0 Å². The van der Waals surface area contributed by atoms with Crippen LogP contribution in [0, 0.1) is 0 Å². The van der Waals surface area contributed by atoms with Crippen LogP contribution in [0.1, 0.15) is 6.92 Å². The van der Waals surface area contributed by atoms with Crippen LogP contribution in [0.3, 0.4) is 0 Å². The number of hydrogen-bond acceptors (Lipinski definition) is 3. The largest absolute Gasteiger partial charge is 0.420 e. The number of fused-ring (bicyclic) bond motifs is 1. The van der Waals surface area contributed by atoms with E-state index in [9.17, 15) is 4.79 Å². The van der Waals surface area contributed by atoms with Gasteiger partial charge < -0.3 is 14.6 Å². The summed E-state index contributed by atoms with van der Waals surface area (Å²) in [5.74, 6) is -0.261. The molecule has 2 heterocycles. The Bertz CT molecular complexity index is 608. The highest BCUT2D eigenvalue weighted by Gasteiger charge is 2.18. The summed E-state index contributed by atoms with van der Waals surface area (Å²) in [4.78, 5) is 14.1. The summed E-state index contributed by atoms with van der Waals surface area (Å²) < 4.78 is 7.11. The Labute approximate surface area is 105 Å². The third kappa shape index (κ3) is 1.71. The van der Waals surface area contributed by atoms with E-state index in [4.69, 9.17) is 4.42 Å². The highest BCUT2D eigenvalue weighted by Crippen LogP contribution is 2.26. The molecule has 1 aromatic carbocycles. The molecule has 5 heteroatoms. The standard InChI is InChI=1S/C13H17N3O2/c1-2-16-11-5-3-4-10(12(11)18-13(16)17)15-8-6-14-7-9-15/h3-5,14H,2,6-9H2,1H3/p+1. The second-order valence-corrected chi connectivity index (χ2v) is 4.59. The van der Waals surface area contributed by atoms with Crippen molar-refractivity contribution in [3.63, 3.8) is 0 Å². The van der Waals surface area contributed by atoms with Gasteiger partial charge in [-0.1, -0.05) is 6.07 Å². The fourth-order valence-corrected chi connectivity index (χ4v) is 2.61. The number of piperazine rings is 1. The van der Waals surface area contributed by atoms with Gasteiger partial charge in [-0.3, -0.25) is 4.57 Å². The van der Waals surface area contributed by atoms with Crippen LogP contribution in [0.4, 0.5) is 5.69 Å². The molecule has 0 unspecified atom stereocenters. The van der Waals surface area contributed by atoms with Gasteiger partial charge in [-0.2, -0.15) is 0 Å². The number of rotatable bonds is 2. The van der Waals surface area contributed by atoms with Gasteiger partial charge in [0.15, 0.2) is 5.58 Å². The van der Waals surface area contributed by atoms with E-state index in [2.05, 4.69) is 10.2 Å². The number of nitrogens with zero attached hydrogens (tertiary/aromatic N) is 2. The zero-order chi connectivity index (χ0) is 12.5. The van der Waals surface area contributed by atoms with Crippen LogP contribution in [-0.4, -0.2) is 30.7 Å². The van der Waals surface area contributed by atoms with Crippen molar-refractivity contribution >= 4 is 16.8 Å². The van der Waals surface area contributed by atoms with Crippen LogP contribution in [0.15, 0.2) is 27.4 Å². The third-order valence-corrected chi connectivity index (χ3v) is 3.54. The molecule has 1 fully saturated rings. The number of benzene rings is 1. The van der Waals surface area contributed by atoms with Crippen molar-refractivity contribution in [2.75, 3.05) is 31.1 Å². The number of hydrogen-bond donors (Lipinski definition) is 1. The minimum atomic E-state index is -0.261. The molecule has 0 bridgehead atoms. The van der Waals surface area contributed by atoms with Crippen LogP contribution in [0.2, 0.25) is 0 Å². The second kappa shape index (κ2) is 4.49. The zero-order valence-electron chi connectivity index (χ0n) is 10.6. The average Bonchev–Trinajstić information content (AvgIpc) is 2.74. The van der Waals surface area contributed by atoms with Crippen LogP contribution in [-0.2, 0) is 6.54 Å². The van der Waals surface area contributed by atoms with Crippen molar-refractivity contribution in [1.29, 1.82) is 0 Å². The highest BCUT2D eigenvalue weighted by molar-refractivity contribution is 5.87. The van der Waals surface area contributed by atoms with Gasteiger partial charge in [-0.05, 0) is 19.1 Å². The molecule has 5 nitrogen and oxygen atoms in total. The van der Waals surface area contributed by atoms with E-state index in [0.29, 0.717) is 6.54 Å². The molecule has 1 aliphatic heterocycles. The fraction of sp³-hybridized carbons (Fsp3) is 0.462. The van der Waals surface area contributed by atoms with Crippen molar-refractivity contribution in [2.45, 2.75) is 13.5 Å². The number of aryl methyl sites for hydroxylation is 1. The molecule has 1 saturated heterocycles. The molecule has 2 aromatic rings. The molecule has 1 aromatic heterocycles. The van der Waals surface area contributed by atoms with E-state index in [1.54, 1.807) is 4.57 Å². The lowest BCUT2D eigenvalue weighted by Gasteiger charge is -2.27. The number of aromatic nitrogens is 1. The third-order valence-electron chi connectivity index (χ3n) is 3.54. The van der Waals surface area contributed by atoms with Gasteiger partial charge in [-0.15, -0.1) is 0 Å². The van der Waals surface area contributed by atoms with E-state index >= 15 is 0 Å². The maximum Gasteiger partial charge on any atom is 0.420 e. The Hall–Kier alpha value is -1.75. The summed E-state index contributed by atoms with van der Waals surface area (Å²) in [6.45, 7) is 6.78. The van der Waals surface area contributed by atoms with Crippen LogP contribution < -0.4 is 16.0 Å². The molecule has 0 saturated carbocycles. The summed E-state index contributed by atoms with van der Waals surface area (Å²) >= 11 is 0. The average molecular weight is 248 g/mol. The quantitative estimate of drug-likeness (QED) is 0.814. The molecular weight excluding hydrogens is 230 g/mol. The SMILES string of the molecule is CCn1c(=O)oc2c(N3CC[NH2+]CC3)cccc21. The molecule has 3 rings (SSSR count). The zero-order valence-corrected chi connectivity index (χ0v) is 10.6. The van der Waals surface area contributed by atoms with Gasteiger partial charge in [0.25, 0.3) is 0 Å². The van der Waals surface area contributed by atoms with Gasteiger partial charge in [0, 0.05) is 6.54 Å². The first-order valence-corrected chi connectivity index (χ1v) is 6.50. The summed E-state index contributed by atoms with van der Waals surface area (Å²) in [6.07, 6.45) is 0. The summed E-state index contributed by atoms with van der Waals surface area (Å²) in [5, 5.41) is 2.31. The fourth-order valence-electron chi connectivity index (χ4n) is 2.61. The molecule has 18 heavy (non-hydrogen) atoms. The first-order chi connectivity index (χ1) is 8.81. The minimum absolute atomic E-state index is 0.261.